The SMILES string of the molecule is O=C(Cc1c[nH]cc1Cc1ccncc1)C(=O)c1ncn[nH]1. The number of hydrogen-bond acceptors (Lipinski definition) is 5. The van der Waals surface area contributed by atoms with Crippen molar-refractivity contribution in [3.8, 4) is 0 Å². The van der Waals surface area contributed by atoms with Crippen LogP contribution in [0.3, 0.4) is 0 Å². The van der Waals surface area contributed by atoms with Crippen molar-refractivity contribution < 1.29 is 9.59 Å². The maximum Gasteiger partial charge on any atom is 0.265 e. The molecule has 7 nitrogen and oxygen atoms in total. The van der Waals surface area contributed by atoms with E-state index < -0.39 is 11.6 Å². The molecule has 3 rings (SSSR count). The van der Waals surface area contributed by atoms with Gasteiger partial charge in [0.1, 0.15) is 6.33 Å². The zero-order chi connectivity index (χ0) is 15.4. The van der Waals surface area contributed by atoms with Crippen molar-refractivity contribution in [2.75, 3.05) is 0 Å². The van der Waals surface area contributed by atoms with Crippen LogP contribution in [0.15, 0.2) is 43.2 Å². The lowest BCUT2D eigenvalue weighted by Crippen LogP contribution is -2.18. The Balaban J connectivity index is 1.72. The van der Waals surface area contributed by atoms with Gasteiger partial charge in [-0.2, -0.15) is 5.10 Å². The average Bonchev–Trinajstić information content (AvgIpc) is 3.20. The average molecular weight is 295 g/mol. The Hall–Kier alpha value is -3.09. The van der Waals surface area contributed by atoms with Crippen molar-refractivity contribution in [3.05, 3.63) is 65.8 Å². The molecule has 7 heteroatoms. The van der Waals surface area contributed by atoms with Crippen molar-refractivity contribution in [2.24, 2.45) is 0 Å². The minimum atomic E-state index is -0.659. The van der Waals surface area contributed by atoms with E-state index in [9.17, 15) is 9.59 Å². The lowest BCUT2D eigenvalue weighted by molar-refractivity contribution is -0.114. The fourth-order valence-corrected chi connectivity index (χ4v) is 2.18. The zero-order valence-corrected chi connectivity index (χ0v) is 11.6. The van der Waals surface area contributed by atoms with E-state index in [-0.39, 0.29) is 12.2 Å². The monoisotopic (exact) mass is 295 g/mol. The number of nitrogens with one attached hydrogen (secondary N) is 2. The van der Waals surface area contributed by atoms with Gasteiger partial charge in [-0.3, -0.25) is 19.7 Å². The Morgan fingerprint density at radius 3 is 2.59 bits per heavy atom. The molecule has 110 valence electrons. The lowest BCUT2D eigenvalue weighted by Gasteiger charge is -2.03. The van der Waals surface area contributed by atoms with Gasteiger partial charge in [0.15, 0.2) is 5.82 Å². The quantitative estimate of drug-likeness (QED) is 0.523. The number of rotatable bonds is 6. The third-order valence-corrected chi connectivity index (χ3v) is 3.31. The predicted octanol–water partition coefficient (Wildman–Crippen LogP) is 1.11. The van der Waals surface area contributed by atoms with Gasteiger partial charge in [0, 0.05) is 31.2 Å². The number of aromatic amines is 2. The molecule has 0 aliphatic rings. The van der Waals surface area contributed by atoms with Gasteiger partial charge < -0.3 is 4.98 Å². The number of nitrogens with zero attached hydrogens (tertiary/aromatic N) is 3. The fraction of sp³-hybridized carbons (Fsp3) is 0.133. The van der Waals surface area contributed by atoms with Crippen LogP contribution in [0.4, 0.5) is 0 Å². The van der Waals surface area contributed by atoms with E-state index in [2.05, 4.69) is 25.1 Å². The van der Waals surface area contributed by atoms with Gasteiger partial charge >= 0.3 is 0 Å². The molecule has 0 radical (unpaired) electrons. The molecule has 0 fully saturated rings. The summed E-state index contributed by atoms with van der Waals surface area (Å²) in [4.78, 5) is 34.6. The number of hydrogen-bond donors (Lipinski definition) is 2. The van der Waals surface area contributed by atoms with Crippen LogP contribution in [0.5, 0.6) is 0 Å². The van der Waals surface area contributed by atoms with Crippen LogP contribution in [0.2, 0.25) is 0 Å². The molecule has 0 unspecified atom stereocenters. The molecule has 0 saturated carbocycles. The Kier molecular flexibility index (Phi) is 3.86. The van der Waals surface area contributed by atoms with Crippen molar-refractivity contribution in [1.82, 2.24) is 25.1 Å². The summed E-state index contributed by atoms with van der Waals surface area (Å²) >= 11 is 0. The normalized spacial score (nSPS) is 10.5. The predicted molar refractivity (Wildman–Crippen MR) is 77.3 cm³/mol. The number of carbonyl (C=O) groups excluding carboxylic acids is 2. The highest BCUT2D eigenvalue weighted by Crippen LogP contribution is 2.15. The van der Waals surface area contributed by atoms with Crippen LogP contribution in [-0.2, 0) is 17.6 Å². The summed E-state index contributed by atoms with van der Waals surface area (Å²) in [6, 6.07) is 3.83. The molecule has 0 atom stereocenters. The Morgan fingerprint density at radius 1 is 1.09 bits per heavy atom. The molecule has 0 aliphatic heterocycles. The van der Waals surface area contributed by atoms with Gasteiger partial charge in [0.05, 0.1) is 0 Å². The largest absolute Gasteiger partial charge is 0.367 e. The summed E-state index contributed by atoms with van der Waals surface area (Å²) in [6.07, 6.45) is 8.92. The van der Waals surface area contributed by atoms with Crippen LogP contribution in [0.25, 0.3) is 0 Å². The molecule has 0 aromatic carbocycles. The van der Waals surface area contributed by atoms with E-state index in [1.165, 1.54) is 6.33 Å². The van der Waals surface area contributed by atoms with Crippen LogP contribution in [0, 0.1) is 0 Å². The number of pyridine rings is 1. The van der Waals surface area contributed by atoms with E-state index in [1.54, 1.807) is 18.6 Å². The first kappa shape index (κ1) is 13.9. The second kappa shape index (κ2) is 6.13. The van der Waals surface area contributed by atoms with Gasteiger partial charge in [-0.15, -0.1) is 0 Å². The summed E-state index contributed by atoms with van der Waals surface area (Å²) in [5.41, 5.74) is 2.87. The first-order chi connectivity index (χ1) is 10.7. The van der Waals surface area contributed by atoms with Gasteiger partial charge in [0.25, 0.3) is 5.78 Å². The Bertz CT molecular complexity index is 777. The third-order valence-electron chi connectivity index (χ3n) is 3.31. The fourth-order valence-electron chi connectivity index (χ4n) is 2.18. The second-order valence-electron chi connectivity index (χ2n) is 4.80. The van der Waals surface area contributed by atoms with Gasteiger partial charge in [-0.25, -0.2) is 4.98 Å². The van der Waals surface area contributed by atoms with E-state index in [4.69, 9.17) is 0 Å². The Morgan fingerprint density at radius 2 is 1.86 bits per heavy atom. The maximum atomic E-state index is 12.1. The highest BCUT2D eigenvalue weighted by molar-refractivity contribution is 6.43. The molecule has 0 aliphatic carbocycles. The molecule has 3 heterocycles. The summed E-state index contributed by atoms with van der Waals surface area (Å²) in [5.74, 6) is -1.21. The van der Waals surface area contributed by atoms with Gasteiger partial charge in [-0.05, 0) is 35.2 Å². The van der Waals surface area contributed by atoms with Crippen LogP contribution < -0.4 is 0 Å². The van der Waals surface area contributed by atoms with Crippen LogP contribution in [0.1, 0.15) is 27.3 Å². The highest BCUT2D eigenvalue weighted by Gasteiger charge is 2.20. The molecule has 0 saturated heterocycles. The minimum Gasteiger partial charge on any atom is -0.367 e. The number of Topliss-reactive ketones (excluding diaryl/α,β-unsaturated/α-hetero) is 2. The number of aromatic nitrogens is 5. The van der Waals surface area contributed by atoms with Crippen molar-refractivity contribution >= 4 is 11.6 Å². The maximum absolute atomic E-state index is 12.1. The van der Waals surface area contributed by atoms with Gasteiger partial charge in [-0.1, -0.05) is 0 Å². The summed E-state index contributed by atoms with van der Waals surface area (Å²) in [6.45, 7) is 0. The molecule has 2 N–H and O–H groups in total. The van der Waals surface area contributed by atoms with E-state index in [0.717, 1.165) is 16.7 Å². The molecular weight excluding hydrogens is 282 g/mol. The second-order valence-corrected chi connectivity index (χ2v) is 4.80. The smallest absolute Gasteiger partial charge is 0.265 e. The van der Waals surface area contributed by atoms with Crippen molar-refractivity contribution in [1.29, 1.82) is 0 Å². The summed E-state index contributed by atoms with van der Waals surface area (Å²) < 4.78 is 0. The number of ketones is 2. The molecule has 0 amide bonds. The van der Waals surface area contributed by atoms with E-state index in [1.807, 2.05) is 18.3 Å². The van der Waals surface area contributed by atoms with Gasteiger partial charge in [0.2, 0.25) is 5.78 Å². The highest BCUT2D eigenvalue weighted by atomic mass is 16.2. The molecule has 22 heavy (non-hydrogen) atoms. The molecule has 0 spiro atoms. The van der Waals surface area contributed by atoms with Crippen molar-refractivity contribution in [2.45, 2.75) is 12.8 Å². The lowest BCUT2D eigenvalue weighted by atomic mass is 10.0. The standard InChI is InChI=1S/C15H13N5O2/c21-13(14(22)15-18-9-19-20-15)6-12-8-17-7-11(12)5-10-1-3-16-4-2-10/h1-4,7-9,17H,5-6H2,(H,18,19,20). The summed E-state index contributed by atoms with van der Waals surface area (Å²) in [7, 11) is 0. The Labute approximate surface area is 125 Å². The number of carbonyl (C=O) groups is 2. The third kappa shape index (κ3) is 2.98. The molecular formula is C15H13N5O2. The van der Waals surface area contributed by atoms with Crippen LogP contribution in [-0.4, -0.2) is 36.7 Å². The van der Waals surface area contributed by atoms with Crippen LogP contribution >= 0.6 is 0 Å². The molecule has 0 bridgehead atoms. The van der Waals surface area contributed by atoms with Crippen molar-refractivity contribution in [3.63, 3.8) is 0 Å². The van der Waals surface area contributed by atoms with E-state index >= 15 is 0 Å². The molecule has 3 aromatic rings. The molecule has 3 aromatic heterocycles. The minimum absolute atomic E-state index is 0.0312. The number of H-pyrrole nitrogens is 2. The summed E-state index contributed by atoms with van der Waals surface area (Å²) in [5, 5.41) is 5.98. The first-order valence-corrected chi connectivity index (χ1v) is 6.70. The zero-order valence-electron chi connectivity index (χ0n) is 11.6. The topological polar surface area (TPSA) is 104 Å². The van der Waals surface area contributed by atoms with E-state index in [0.29, 0.717) is 6.42 Å². The first-order valence-electron chi connectivity index (χ1n) is 6.70.